The average molecular weight is 876 g/mol. The second kappa shape index (κ2) is 11.0. The minimum atomic E-state index is -0.954. The lowest BCUT2D eigenvalue weighted by Gasteiger charge is -2.24. The maximum atomic E-state index is 6.47. The first-order valence-electron chi connectivity index (χ1n) is 14.5. The Labute approximate surface area is 298 Å². The van der Waals surface area contributed by atoms with Gasteiger partial charge in [-0.2, -0.15) is 0 Å². The van der Waals surface area contributed by atoms with Crippen LogP contribution in [-0.4, -0.2) is 27.1 Å². The van der Waals surface area contributed by atoms with Gasteiger partial charge in [-0.15, -0.1) is 0 Å². The first-order chi connectivity index (χ1) is 22.8. The molecule has 0 unspecified atom stereocenters. The summed E-state index contributed by atoms with van der Waals surface area (Å²) in [5, 5.41) is 7.26. The molecule has 0 atom stereocenters. The number of H-pyrrole nitrogens is 4. The Balaban J connectivity index is 1.46. The number of benzene rings is 4. The number of ether oxygens (including phenoxy) is 1. The fourth-order valence-electron chi connectivity index (χ4n) is 6.07. The Hall–Kier alpha value is -4.04. The summed E-state index contributed by atoms with van der Waals surface area (Å²) in [6, 6.07) is 30.1. The van der Waals surface area contributed by atoms with Crippen LogP contribution in [0.3, 0.4) is 0 Å². The standard InChI is InChI=1S/C34H20Br4N8O/c35-33(36)34(37,38)47-23-15-7-14-22-24(23)32-45-30-21-13-6-5-12-20(21)28(43-30)41-26-17-9-2-1-8-16(17)25(39-26)40-27-18-10-3-4-11-19(18)29(42-27)44-31(22)46-32/h1-15,33H,(H4,39,40,41,42,43,44,45,46). The van der Waals surface area contributed by atoms with Crippen molar-refractivity contribution in [1.29, 1.82) is 0 Å². The SMILES string of the molecule is BrC(Br)C(Br)(Br)Oc1cccc2c3[nH]c(c12)N=c1[nH]c(c2ccccc12)=Nc1[nH]c(c2ccccc12)N=c1[nH]c(c2ccccc12)=N3. The van der Waals surface area contributed by atoms with Crippen molar-refractivity contribution in [2.75, 3.05) is 0 Å². The van der Waals surface area contributed by atoms with E-state index in [0.29, 0.717) is 51.0 Å². The van der Waals surface area contributed by atoms with Crippen molar-refractivity contribution in [3.8, 4) is 5.75 Å². The number of halogens is 4. The highest BCUT2D eigenvalue weighted by molar-refractivity contribution is 9.29. The number of nitrogens with zero attached hydrogens (tertiary/aromatic N) is 4. The molecular formula is C34H20Br4N8O. The molecule has 1 aliphatic heterocycles. The summed E-state index contributed by atoms with van der Waals surface area (Å²) in [5.41, 5.74) is 2.67. The van der Waals surface area contributed by atoms with Crippen LogP contribution < -0.4 is 26.7 Å². The van der Waals surface area contributed by atoms with Gasteiger partial charge in [0.1, 0.15) is 54.7 Å². The Morgan fingerprint density at radius 3 is 1.32 bits per heavy atom. The molecule has 9 rings (SSSR count). The number of aromatic amines is 4. The minimum Gasteiger partial charge on any atom is -0.463 e. The molecule has 8 aromatic rings. The summed E-state index contributed by atoms with van der Waals surface area (Å²) in [6.07, 6.45) is 0. The van der Waals surface area contributed by atoms with Crippen LogP contribution in [0.1, 0.15) is 0 Å². The molecule has 4 N–H and O–H groups in total. The van der Waals surface area contributed by atoms with Gasteiger partial charge in [-0.3, -0.25) is 0 Å². The molecule has 0 saturated carbocycles. The molecule has 5 heterocycles. The van der Waals surface area contributed by atoms with Gasteiger partial charge in [0.2, 0.25) is 3.42 Å². The van der Waals surface area contributed by atoms with Crippen molar-refractivity contribution >= 4 is 130 Å². The Kier molecular flexibility index (Phi) is 6.82. The van der Waals surface area contributed by atoms with Crippen molar-refractivity contribution in [2.45, 2.75) is 7.16 Å². The maximum absolute atomic E-state index is 6.47. The number of alkyl halides is 4. The van der Waals surface area contributed by atoms with Crippen LogP contribution in [0.25, 0.3) is 43.1 Å². The summed E-state index contributed by atoms with van der Waals surface area (Å²) < 4.78 is 5.25. The fraction of sp³-hybridized carbons (Fsp3) is 0.0588. The van der Waals surface area contributed by atoms with Crippen molar-refractivity contribution in [3.05, 3.63) is 113 Å². The lowest BCUT2D eigenvalue weighted by molar-refractivity contribution is 0.294. The Morgan fingerprint density at radius 2 is 0.851 bits per heavy atom. The van der Waals surface area contributed by atoms with E-state index in [-0.39, 0.29) is 3.74 Å². The quantitative estimate of drug-likeness (QED) is 0.131. The van der Waals surface area contributed by atoms with Gasteiger partial charge in [-0.1, -0.05) is 117 Å². The number of nitrogens with one attached hydrogen (secondary N) is 4. The Bertz CT molecular complexity index is 2800. The van der Waals surface area contributed by atoms with E-state index in [1.807, 2.05) is 84.9 Å². The summed E-state index contributed by atoms with van der Waals surface area (Å²) in [5.74, 6) is 3.17. The zero-order valence-electron chi connectivity index (χ0n) is 23.9. The van der Waals surface area contributed by atoms with E-state index in [9.17, 15) is 0 Å². The molecule has 230 valence electrons. The summed E-state index contributed by atoms with van der Waals surface area (Å²) in [6.45, 7) is 0. The van der Waals surface area contributed by atoms with Crippen molar-refractivity contribution in [3.63, 3.8) is 0 Å². The summed E-state index contributed by atoms with van der Waals surface area (Å²) in [7, 11) is 0. The van der Waals surface area contributed by atoms with Gasteiger partial charge in [0.15, 0.2) is 0 Å². The molecule has 9 nitrogen and oxygen atoms in total. The van der Waals surface area contributed by atoms with E-state index in [1.165, 1.54) is 0 Å². The molecule has 1 aliphatic rings. The molecule has 0 spiro atoms. The van der Waals surface area contributed by atoms with Crippen molar-refractivity contribution in [1.82, 2.24) is 19.9 Å². The third-order valence-corrected chi connectivity index (χ3v) is 13.2. The fourth-order valence-corrected chi connectivity index (χ4v) is 6.60. The number of hydrogen-bond donors (Lipinski definition) is 4. The lowest BCUT2D eigenvalue weighted by atomic mass is 10.2. The van der Waals surface area contributed by atoms with Gasteiger partial charge >= 0.3 is 0 Å². The van der Waals surface area contributed by atoms with E-state index in [4.69, 9.17) is 24.7 Å². The van der Waals surface area contributed by atoms with Crippen LogP contribution >= 0.6 is 63.7 Å². The maximum Gasteiger partial charge on any atom is 0.239 e. The van der Waals surface area contributed by atoms with Crippen LogP contribution in [0.2, 0.25) is 0 Å². The molecule has 8 bridgehead atoms. The molecule has 0 fully saturated rings. The molecule has 47 heavy (non-hydrogen) atoms. The Morgan fingerprint density at radius 1 is 0.468 bits per heavy atom. The van der Waals surface area contributed by atoms with Gasteiger partial charge in [0, 0.05) is 37.7 Å². The molecule has 0 amide bonds. The number of rotatable bonds is 3. The van der Waals surface area contributed by atoms with E-state index in [2.05, 4.69) is 89.7 Å². The minimum absolute atomic E-state index is 0.260. The molecule has 0 radical (unpaired) electrons. The average Bonchev–Trinajstić information content (AvgIpc) is 3.80. The van der Waals surface area contributed by atoms with Crippen LogP contribution in [-0.2, 0) is 0 Å². The highest BCUT2D eigenvalue weighted by atomic mass is 79.9. The normalized spacial score (nSPS) is 13.1. The number of fused-ring (bicyclic) bond motifs is 20. The number of aromatic nitrogens is 4. The topological polar surface area (TPSA) is 122 Å². The summed E-state index contributed by atoms with van der Waals surface area (Å²) in [4.78, 5) is 34.6. The highest BCUT2D eigenvalue weighted by Gasteiger charge is 2.33. The van der Waals surface area contributed by atoms with Gasteiger partial charge in [0.05, 0.1) is 5.39 Å². The van der Waals surface area contributed by atoms with Gasteiger partial charge < -0.3 is 24.7 Å². The van der Waals surface area contributed by atoms with Crippen LogP contribution in [0.15, 0.2) is 111 Å². The second-order valence-corrected chi connectivity index (χ2v) is 17.5. The second-order valence-electron chi connectivity index (χ2n) is 11.0. The molecule has 4 aromatic carbocycles. The molecular weight excluding hydrogens is 856 g/mol. The first-order valence-corrected chi connectivity index (χ1v) is 17.9. The zero-order chi connectivity index (χ0) is 31.9. The predicted octanol–water partition coefficient (Wildman–Crippen LogP) is 8.67. The van der Waals surface area contributed by atoms with Gasteiger partial charge in [-0.05, 0) is 37.9 Å². The van der Waals surface area contributed by atoms with Crippen LogP contribution in [0.4, 0.5) is 23.3 Å². The molecule has 0 saturated heterocycles. The number of hydrogen-bond acceptors (Lipinski definition) is 5. The summed E-state index contributed by atoms with van der Waals surface area (Å²) >= 11 is 14.4. The van der Waals surface area contributed by atoms with Crippen LogP contribution in [0, 0.1) is 0 Å². The van der Waals surface area contributed by atoms with E-state index in [0.717, 1.165) is 43.1 Å². The van der Waals surface area contributed by atoms with Crippen LogP contribution in [0.5, 0.6) is 5.75 Å². The molecule has 13 heteroatoms. The monoisotopic (exact) mass is 872 g/mol. The largest absolute Gasteiger partial charge is 0.463 e. The van der Waals surface area contributed by atoms with E-state index in [1.54, 1.807) is 0 Å². The van der Waals surface area contributed by atoms with Crippen molar-refractivity contribution in [2.24, 2.45) is 20.0 Å². The first kappa shape index (κ1) is 29.1. The smallest absolute Gasteiger partial charge is 0.239 e. The predicted molar refractivity (Wildman–Crippen MR) is 199 cm³/mol. The molecule has 0 aliphatic carbocycles. The third-order valence-electron chi connectivity index (χ3n) is 8.17. The van der Waals surface area contributed by atoms with Gasteiger partial charge in [0.25, 0.3) is 0 Å². The van der Waals surface area contributed by atoms with E-state index < -0.39 is 3.42 Å². The lowest BCUT2D eigenvalue weighted by Crippen LogP contribution is -2.27. The van der Waals surface area contributed by atoms with Gasteiger partial charge in [-0.25, -0.2) is 20.0 Å². The zero-order valence-corrected chi connectivity index (χ0v) is 30.3. The van der Waals surface area contributed by atoms with E-state index >= 15 is 0 Å². The third kappa shape index (κ3) is 4.82. The van der Waals surface area contributed by atoms with Crippen molar-refractivity contribution < 1.29 is 4.74 Å². The highest BCUT2D eigenvalue weighted by Crippen LogP contribution is 2.45. The molecule has 4 aromatic heterocycles.